The minimum atomic E-state index is -0.611. The van der Waals surface area contributed by atoms with E-state index in [2.05, 4.69) is 4.90 Å². The minimum absolute atomic E-state index is 0.100. The van der Waals surface area contributed by atoms with Crippen molar-refractivity contribution >= 4 is 5.97 Å². The van der Waals surface area contributed by atoms with Gasteiger partial charge in [-0.2, -0.15) is 0 Å². The van der Waals surface area contributed by atoms with Crippen LogP contribution in [-0.4, -0.2) is 48.8 Å². The van der Waals surface area contributed by atoms with E-state index < -0.39 is 6.10 Å². The topological polar surface area (TPSA) is 49.8 Å². The van der Waals surface area contributed by atoms with Gasteiger partial charge in [-0.15, -0.1) is 0 Å². The summed E-state index contributed by atoms with van der Waals surface area (Å²) in [5, 5.41) is 9.75. The van der Waals surface area contributed by atoms with E-state index in [1.807, 2.05) is 7.05 Å². The van der Waals surface area contributed by atoms with Crippen molar-refractivity contribution in [2.45, 2.75) is 45.1 Å². The number of rotatable bonds is 7. The number of likely N-dealkylation sites (N-methyl/N-ethyl adjacent to an activating group) is 1. The van der Waals surface area contributed by atoms with Crippen molar-refractivity contribution < 1.29 is 14.6 Å². The SMILES string of the molecule is CCOC(=O)CC(O)CN(C)CC1CCCC1. The molecule has 0 aromatic heterocycles. The summed E-state index contributed by atoms with van der Waals surface area (Å²) in [6.45, 7) is 3.73. The van der Waals surface area contributed by atoms with Crippen molar-refractivity contribution in [1.29, 1.82) is 0 Å². The zero-order valence-corrected chi connectivity index (χ0v) is 11.0. The van der Waals surface area contributed by atoms with Crippen molar-refractivity contribution in [3.05, 3.63) is 0 Å². The molecule has 0 aromatic rings. The zero-order chi connectivity index (χ0) is 12.7. The number of carbonyl (C=O) groups is 1. The van der Waals surface area contributed by atoms with Crippen LogP contribution in [0.5, 0.6) is 0 Å². The number of hydrogen-bond donors (Lipinski definition) is 1. The molecule has 1 aliphatic rings. The average Bonchev–Trinajstić information content (AvgIpc) is 2.69. The quantitative estimate of drug-likeness (QED) is 0.687. The number of aliphatic hydroxyl groups excluding tert-OH is 1. The third-order valence-corrected chi connectivity index (χ3v) is 3.27. The Labute approximate surface area is 104 Å². The molecule has 0 radical (unpaired) electrons. The number of hydrogen-bond acceptors (Lipinski definition) is 4. The fraction of sp³-hybridized carbons (Fsp3) is 0.923. The molecule has 0 amide bonds. The molecule has 0 aliphatic heterocycles. The largest absolute Gasteiger partial charge is 0.466 e. The van der Waals surface area contributed by atoms with Gasteiger partial charge in [0.2, 0.25) is 0 Å². The second-order valence-corrected chi connectivity index (χ2v) is 5.03. The molecule has 1 saturated carbocycles. The first kappa shape index (κ1) is 14.5. The lowest BCUT2D eigenvalue weighted by molar-refractivity contribution is -0.145. The van der Waals surface area contributed by atoms with Crippen LogP contribution < -0.4 is 0 Å². The van der Waals surface area contributed by atoms with Crippen LogP contribution in [0.2, 0.25) is 0 Å². The van der Waals surface area contributed by atoms with Crippen LogP contribution in [-0.2, 0) is 9.53 Å². The molecule has 1 fully saturated rings. The Morgan fingerprint density at radius 3 is 2.71 bits per heavy atom. The average molecular weight is 243 g/mol. The maximum absolute atomic E-state index is 11.2. The first-order valence-corrected chi connectivity index (χ1v) is 6.64. The number of ether oxygens (including phenoxy) is 1. The van der Waals surface area contributed by atoms with Gasteiger partial charge in [-0.3, -0.25) is 4.79 Å². The summed E-state index contributed by atoms with van der Waals surface area (Å²) in [5.74, 6) is 0.462. The van der Waals surface area contributed by atoms with E-state index in [1.54, 1.807) is 6.92 Å². The van der Waals surface area contributed by atoms with Crippen LogP contribution in [0.25, 0.3) is 0 Å². The van der Waals surface area contributed by atoms with Crippen molar-refractivity contribution in [3.63, 3.8) is 0 Å². The van der Waals surface area contributed by atoms with E-state index in [1.165, 1.54) is 25.7 Å². The lowest BCUT2D eigenvalue weighted by Gasteiger charge is -2.23. The van der Waals surface area contributed by atoms with Crippen LogP contribution in [0.4, 0.5) is 0 Å². The highest BCUT2D eigenvalue weighted by Gasteiger charge is 2.19. The fourth-order valence-corrected chi connectivity index (χ4v) is 2.54. The molecule has 0 spiro atoms. The summed E-state index contributed by atoms with van der Waals surface area (Å²) in [7, 11) is 2.01. The van der Waals surface area contributed by atoms with Gasteiger partial charge in [-0.1, -0.05) is 12.8 Å². The normalized spacial score (nSPS) is 18.6. The Kier molecular flexibility index (Phi) is 6.52. The second-order valence-electron chi connectivity index (χ2n) is 5.03. The Bertz CT molecular complexity index is 227. The Hall–Kier alpha value is -0.610. The molecule has 1 N–H and O–H groups in total. The van der Waals surface area contributed by atoms with Crippen molar-refractivity contribution in [3.8, 4) is 0 Å². The predicted octanol–water partition coefficient (Wildman–Crippen LogP) is 1.42. The van der Waals surface area contributed by atoms with Gasteiger partial charge >= 0.3 is 5.97 Å². The van der Waals surface area contributed by atoms with Gasteiger partial charge in [0.1, 0.15) is 0 Å². The third kappa shape index (κ3) is 6.03. The number of aliphatic hydroxyl groups is 1. The highest BCUT2D eigenvalue weighted by atomic mass is 16.5. The molecule has 100 valence electrons. The first-order chi connectivity index (χ1) is 8.11. The molecule has 1 atom stereocenters. The summed E-state index contributed by atoms with van der Waals surface area (Å²) < 4.78 is 4.81. The van der Waals surface area contributed by atoms with Crippen LogP contribution in [0.1, 0.15) is 39.0 Å². The minimum Gasteiger partial charge on any atom is -0.466 e. The van der Waals surface area contributed by atoms with Crippen LogP contribution in [0.3, 0.4) is 0 Å². The van der Waals surface area contributed by atoms with Gasteiger partial charge in [0.15, 0.2) is 0 Å². The van der Waals surface area contributed by atoms with E-state index in [-0.39, 0.29) is 12.4 Å². The van der Waals surface area contributed by atoms with Crippen molar-refractivity contribution in [1.82, 2.24) is 4.90 Å². The van der Waals surface area contributed by atoms with E-state index in [4.69, 9.17) is 4.74 Å². The van der Waals surface area contributed by atoms with Gasteiger partial charge in [0.05, 0.1) is 19.1 Å². The van der Waals surface area contributed by atoms with Gasteiger partial charge in [-0.25, -0.2) is 0 Å². The standard InChI is InChI=1S/C13H25NO3/c1-3-17-13(16)8-12(15)10-14(2)9-11-6-4-5-7-11/h11-12,15H,3-10H2,1-2H3. The van der Waals surface area contributed by atoms with E-state index in [0.29, 0.717) is 13.2 Å². The number of carbonyl (C=O) groups excluding carboxylic acids is 1. The van der Waals surface area contributed by atoms with Gasteiger partial charge in [0.25, 0.3) is 0 Å². The molecule has 0 bridgehead atoms. The monoisotopic (exact) mass is 243 g/mol. The summed E-state index contributed by atoms with van der Waals surface area (Å²) in [4.78, 5) is 13.3. The summed E-state index contributed by atoms with van der Waals surface area (Å²) in [5.41, 5.74) is 0. The zero-order valence-electron chi connectivity index (χ0n) is 11.0. The van der Waals surface area contributed by atoms with Gasteiger partial charge in [-0.05, 0) is 32.7 Å². The summed E-state index contributed by atoms with van der Waals surface area (Å²) in [6.07, 6.45) is 4.77. The second kappa shape index (κ2) is 7.67. The van der Waals surface area contributed by atoms with Crippen LogP contribution >= 0.6 is 0 Å². The molecular formula is C13H25NO3. The molecule has 4 nitrogen and oxygen atoms in total. The van der Waals surface area contributed by atoms with E-state index >= 15 is 0 Å². The molecule has 1 rings (SSSR count). The van der Waals surface area contributed by atoms with Crippen LogP contribution in [0.15, 0.2) is 0 Å². The summed E-state index contributed by atoms with van der Waals surface area (Å²) >= 11 is 0. The Morgan fingerprint density at radius 1 is 1.47 bits per heavy atom. The lowest BCUT2D eigenvalue weighted by Crippen LogP contribution is -2.34. The van der Waals surface area contributed by atoms with Crippen molar-refractivity contribution in [2.75, 3.05) is 26.7 Å². The van der Waals surface area contributed by atoms with E-state index in [9.17, 15) is 9.90 Å². The Balaban J connectivity index is 2.15. The molecule has 0 saturated heterocycles. The van der Waals surface area contributed by atoms with Gasteiger partial charge < -0.3 is 14.7 Å². The lowest BCUT2D eigenvalue weighted by atomic mass is 10.1. The van der Waals surface area contributed by atoms with Crippen LogP contribution in [0, 0.1) is 5.92 Å². The fourth-order valence-electron chi connectivity index (χ4n) is 2.54. The molecule has 17 heavy (non-hydrogen) atoms. The van der Waals surface area contributed by atoms with Gasteiger partial charge in [0, 0.05) is 13.1 Å². The molecule has 4 heteroatoms. The molecule has 1 unspecified atom stereocenters. The molecule has 0 heterocycles. The maximum atomic E-state index is 11.2. The Morgan fingerprint density at radius 2 is 2.12 bits per heavy atom. The highest BCUT2D eigenvalue weighted by Crippen LogP contribution is 2.25. The molecule has 0 aromatic carbocycles. The van der Waals surface area contributed by atoms with E-state index in [0.717, 1.165) is 12.5 Å². The highest BCUT2D eigenvalue weighted by molar-refractivity contribution is 5.69. The smallest absolute Gasteiger partial charge is 0.308 e. The summed E-state index contributed by atoms with van der Waals surface area (Å²) in [6, 6.07) is 0. The predicted molar refractivity (Wildman–Crippen MR) is 66.7 cm³/mol. The third-order valence-electron chi connectivity index (χ3n) is 3.27. The maximum Gasteiger partial charge on any atom is 0.308 e. The molecule has 1 aliphatic carbocycles. The number of nitrogens with zero attached hydrogens (tertiary/aromatic N) is 1. The molecular weight excluding hydrogens is 218 g/mol. The van der Waals surface area contributed by atoms with Crippen molar-refractivity contribution in [2.24, 2.45) is 5.92 Å². The number of esters is 1. The first-order valence-electron chi connectivity index (χ1n) is 6.64.